The highest BCUT2D eigenvalue weighted by molar-refractivity contribution is 7.80. The largest absolute Gasteiger partial charge is 0.292 e. The summed E-state index contributed by atoms with van der Waals surface area (Å²) in [7, 11) is 0. The van der Waals surface area contributed by atoms with Crippen molar-refractivity contribution in [3.63, 3.8) is 0 Å². The Hall–Kier alpha value is -2.52. The topological polar surface area (TPSA) is 17.8 Å². The zero-order valence-electron chi connectivity index (χ0n) is 11.8. The number of hydrogen-bond acceptors (Lipinski definition) is 2. The molecule has 0 saturated heterocycles. The van der Waals surface area contributed by atoms with Gasteiger partial charge in [0.25, 0.3) is 0 Å². The van der Waals surface area contributed by atoms with Gasteiger partial charge in [0.2, 0.25) is 0 Å². The summed E-state index contributed by atoms with van der Waals surface area (Å²) in [6.07, 6.45) is 0. The number of benzene rings is 3. The second-order valence-electron chi connectivity index (χ2n) is 5.14. The molecular weight excluding hydrogens is 288 g/mol. The first kappa shape index (κ1) is 13.2. The summed E-state index contributed by atoms with van der Waals surface area (Å²) in [6.45, 7) is 0. The smallest absolute Gasteiger partial charge is 0.145 e. The third-order valence-corrected chi connectivity index (χ3v) is 4.00. The third kappa shape index (κ3) is 2.20. The van der Waals surface area contributed by atoms with E-state index >= 15 is 0 Å². The lowest BCUT2D eigenvalue weighted by Crippen LogP contribution is -1.97. The van der Waals surface area contributed by atoms with Crippen LogP contribution in [0.2, 0.25) is 0 Å². The second-order valence-corrected chi connectivity index (χ2v) is 5.66. The molecule has 3 heteroatoms. The van der Waals surface area contributed by atoms with Crippen LogP contribution in [-0.2, 0) is 0 Å². The Morgan fingerprint density at radius 3 is 2.18 bits per heavy atom. The summed E-state index contributed by atoms with van der Waals surface area (Å²) in [6, 6.07) is 26.6. The van der Waals surface area contributed by atoms with Crippen LogP contribution >= 0.6 is 12.6 Å². The fraction of sp³-hybridized carbons (Fsp3) is 0. The van der Waals surface area contributed by atoms with Gasteiger partial charge in [0.15, 0.2) is 0 Å². The van der Waals surface area contributed by atoms with E-state index in [-0.39, 0.29) is 0 Å². The maximum atomic E-state index is 4.83. The lowest BCUT2D eigenvalue weighted by atomic mass is 10.2. The van der Waals surface area contributed by atoms with Gasteiger partial charge in [-0.05, 0) is 36.4 Å². The van der Waals surface area contributed by atoms with Crippen molar-refractivity contribution in [1.82, 2.24) is 9.55 Å². The van der Waals surface area contributed by atoms with Crippen molar-refractivity contribution in [2.24, 2.45) is 0 Å². The zero-order chi connectivity index (χ0) is 14.9. The predicted octanol–water partition coefficient (Wildman–Crippen LogP) is 4.98. The summed E-state index contributed by atoms with van der Waals surface area (Å²) in [4.78, 5) is 5.78. The zero-order valence-corrected chi connectivity index (χ0v) is 12.7. The van der Waals surface area contributed by atoms with Gasteiger partial charge < -0.3 is 0 Å². The molecule has 1 aromatic heterocycles. The van der Waals surface area contributed by atoms with E-state index in [0.717, 1.165) is 33.0 Å². The van der Waals surface area contributed by atoms with Crippen LogP contribution in [0.5, 0.6) is 0 Å². The van der Waals surface area contributed by atoms with Crippen molar-refractivity contribution in [3.8, 4) is 17.1 Å². The Morgan fingerprint density at radius 2 is 1.41 bits per heavy atom. The van der Waals surface area contributed by atoms with Gasteiger partial charge in [-0.1, -0.05) is 42.5 Å². The van der Waals surface area contributed by atoms with Crippen LogP contribution in [0.25, 0.3) is 28.1 Å². The minimum absolute atomic E-state index is 0.945. The van der Waals surface area contributed by atoms with Gasteiger partial charge >= 0.3 is 0 Å². The molecule has 0 radical (unpaired) electrons. The molecule has 0 N–H and O–H groups in total. The Morgan fingerprint density at radius 1 is 0.727 bits per heavy atom. The molecule has 0 bridgehead atoms. The highest BCUT2D eigenvalue weighted by atomic mass is 32.1. The number of aromatic nitrogens is 2. The summed E-state index contributed by atoms with van der Waals surface area (Å²) in [5, 5.41) is 0. The Labute approximate surface area is 134 Å². The monoisotopic (exact) mass is 302 g/mol. The fourth-order valence-corrected chi connectivity index (χ4v) is 2.82. The van der Waals surface area contributed by atoms with Crippen molar-refractivity contribution in [3.05, 3.63) is 78.9 Å². The molecule has 0 unspecified atom stereocenters. The van der Waals surface area contributed by atoms with Crippen LogP contribution in [0.4, 0.5) is 0 Å². The van der Waals surface area contributed by atoms with Crippen LogP contribution in [0.15, 0.2) is 83.8 Å². The van der Waals surface area contributed by atoms with Gasteiger partial charge in [-0.3, -0.25) is 4.57 Å². The third-order valence-electron chi connectivity index (χ3n) is 3.70. The molecule has 106 valence electrons. The van der Waals surface area contributed by atoms with E-state index in [9.17, 15) is 0 Å². The Balaban J connectivity index is 2.04. The Bertz CT molecular complexity index is 925. The molecular formula is C19H14N2S. The second kappa shape index (κ2) is 5.35. The first-order valence-corrected chi connectivity index (χ1v) is 7.60. The van der Waals surface area contributed by atoms with Gasteiger partial charge in [-0.2, -0.15) is 0 Å². The van der Waals surface area contributed by atoms with Gasteiger partial charge in [0, 0.05) is 16.1 Å². The molecule has 0 atom stereocenters. The number of thiol groups is 1. The van der Waals surface area contributed by atoms with Crippen LogP contribution in [0.3, 0.4) is 0 Å². The number of para-hydroxylation sites is 3. The van der Waals surface area contributed by atoms with E-state index in [1.807, 2.05) is 48.5 Å². The molecule has 3 aromatic carbocycles. The maximum Gasteiger partial charge on any atom is 0.145 e. The molecule has 4 aromatic rings. The molecule has 1 heterocycles. The average molecular weight is 302 g/mol. The summed E-state index contributed by atoms with van der Waals surface area (Å²) in [5.41, 5.74) is 4.30. The first-order valence-electron chi connectivity index (χ1n) is 7.15. The van der Waals surface area contributed by atoms with E-state index in [0.29, 0.717) is 0 Å². The molecule has 2 nitrogen and oxygen atoms in total. The van der Waals surface area contributed by atoms with Gasteiger partial charge in [-0.15, -0.1) is 12.6 Å². The normalized spacial score (nSPS) is 11.0. The SMILES string of the molecule is Sc1ccc(-c2nc3ccccc3n2-c2ccccc2)cc1. The number of fused-ring (bicyclic) bond motifs is 1. The molecule has 4 rings (SSSR count). The highest BCUT2D eigenvalue weighted by Crippen LogP contribution is 2.28. The predicted molar refractivity (Wildman–Crippen MR) is 93.8 cm³/mol. The number of imidazole rings is 1. The number of hydrogen-bond donors (Lipinski definition) is 1. The molecule has 0 aliphatic heterocycles. The summed E-state index contributed by atoms with van der Waals surface area (Å²) >= 11 is 4.36. The quantitative estimate of drug-likeness (QED) is 0.517. The molecule has 0 fully saturated rings. The van der Waals surface area contributed by atoms with Crippen LogP contribution in [0.1, 0.15) is 0 Å². The minimum Gasteiger partial charge on any atom is -0.292 e. The minimum atomic E-state index is 0.945. The van der Waals surface area contributed by atoms with E-state index in [4.69, 9.17) is 4.98 Å². The van der Waals surface area contributed by atoms with Gasteiger partial charge in [-0.25, -0.2) is 4.98 Å². The van der Waals surface area contributed by atoms with Crippen molar-refractivity contribution in [1.29, 1.82) is 0 Å². The lowest BCUT2D eigenvalue weighted by Gasteiger charge is -2.09. The highest BCUT2D eigenvalue weighted by Gasteiger charge is 2.13. The number of nitrogens with zero attached hydrogens (tertiary/aromatic N) is 2. The van der Waals surface area contributed by atoms with Gasteiger partial charge in [0.1, 0.15) is 5.82 Å². The van der Waals surface area contributed by atoms with Gasteiger partial charge in [0.05, 0.1) is 11.0 Å². The molecule has 0 saturated carbocycles. The van der Waals surface area contributed by atoms with Crippen LogP contribution in [0, 0.1) is 0 Å². The maximum absolute atomic E-state index is 4.83. The average Bonchev–Trinajstić information content (AvgIpc) is 2.96. The number of rotatable bonds is 2. The molecule has 22 heavy (non-hydrogen) atoms. The summed E-state index contributed by atoms with van der Waals surface area (Å²) < 4.78 is 2.20. The first-order chi connectivity index (χ1) is 10.8. The summed E-state index contributed by atoms with van der Waals surface area (Å²) in [5.74, 6) is 0.945. The molecule has 0 aliphatic carbocycles. The van der Waals surface area contributed by atoms with E-state index in [1.54, 1.807) is 0 Å². The van der Waals surface area contributed by atoms with Crippen molar-refractivity contribution < 1.29 is 0 Å². The fourth-order valence-electron chi connectivity index (χ4n) is 2.67. The standard InChI is InChI=1S/C19H14N2S/c22-16-12-10-14(11-13-16)19-20-17-8-4-5-9-18(17)21(19)15-6-2-1-3-7-15/h1-13,22H. The molecule has 0 spiro atoms. The molecule has 0 amide bonds. The molecule has 0 aliphatic rings. The van der Waals surface area contributed by atoms with Crippen LogP contribution < -0.4 is 0 Å². The Kier molecular flexibility index (Phi) is 3.20. The van der Waals surface area contributed by atoms with Crippen LogP contribution in [-0.4, -0.2) is 9.55 Å². The van der Waals surface area contributed by atoms with Crippen molar-refractivity contribution >= 4 is 23.7 Å². The van der Waals surface area contributed by atoms with Crippen molar-refractivity contribution in [2.45, 2.75) is 4.90 Å². The lowest BCUT2D eigenvalue weighted by molar-refractivity contribution is 1.10. The van der Waals surface area contributed by atoms with E-state index < -0.39 is 0 Å². The van der Waals surface area contributed by atoms with E-state index in [1.165, 1.54) is 0 Å². The van der Waals surface area contributed by atoms with E-state index in [2.05, 4.69) is 47.5 Å². The van der Waals surface area contributed by atoms with Crippen molar-refractivity contribution in [2.75, 3.05) is 0 Å².